The molecule has 0 radical (unpaired) electrons. The van der Waals surface area contributed by atoms with E-state index in [0.717, 1.165) is 16.8 Å². The molecule has 1 amide bonds. The molecule has 1 aromatic heterocycles. The lowest BCUT2D eigenvalue weighted by atomic mass is 10.1. The Labute approximate surface area is 202 Å². The lowest BCUT2D eigenvalue weighted by Gasteiger charge is -2.08. The number of benzene rings is 3. The Morgan fingerprint density at radius 3 is 2.47 bits per heavy atom. The number of amides is 1. The van der Waals surface area contributed by atoms with Crippen LogP contribution in [0, 0.1) is 11.3 Å². The van der Waals surface area contributed by atoms with Gasteiger partial charge in [-0.2, -0.15) is 10.4 Å². The summed E-state index contributed by atoms with van der Waals surface area (Å²) in [7, 11) is 1.49. The fourth-order valence-corrected chi connectivity index (χ4v) is 3.54. The van der Waals surface area contributed by atoms with Gasteiger partial charge >= 0.3 is 0 Å². The van der Waals surface area contributed by atoms with Gasteiger partial charge in [-0.1, -0.05) is 48.0 Å². The van der Waals surface area contributed by atoms with E-state index in [1.807, 2.05) is 84.9 Å². The number of likely N-dealkylation sites (N-methyl/N-ethyl adjacent to an activating group) is 1. The van der Waals surface area contributed by atoms with Crippen LogP contribution in [0.2, 0.25) is 5.02 Å². The standard InChI is InChI=1S/C27H21ClN4O2/c1-30-27(33)21(16-29)15-22-17-32(23-8-3-2-4-9-23)31-26(22)19-11-13-24(14-12-19)34-18-20-7-5-6-10-25(20)28/h2-15,17H,18H2,1H3,(H,30,33). The van der Waals surface area contributed by atoms with Crippen LogP contribution in [-0.4, -0.2) is 22.7 Å². The first kappa shape index (κ1) is 22.8. The molecule has 0 aliphatic heterocycles. The van der Waals surface area contributed by atoms with Crippen molar-refractivity contribution in [3.05, 3.63) is 107 Å². The molecule has 0 atom stereocenters. The van der Waals surface area contributed by atoms with Gasteiger partial charge in [-0.05, 0) is 48.5 Å². The summed E-state index contributed by atoms with van der Waals surface area (Å²) in [6, 6.07) is 26.6. The van der Waals surface area contributed by atoms with E-state index in [4.69, 9.17) is 21.4 Å². The maximum atomic E-state index is 12.1. The molecule has 0 unspecified atom stereocenters. The molecule has 34 heavy (non-hydrogen) atoms. The Morgan fingerprint density at radius 2 is 1.79 bits per heavy atom. The summed E-state index contributed by atoms with van der Waals surface area (Å²) in [5.74, 6) is 0.232. The van der Waals surface area contributed by atoms with Crippen LogP contribution in [0.1, 0.15) is 11.1 Å². The average molecular weight is 469 g/mol. The number of nitrogens with zero attached hydrogens (tertiary/aromatic N) is 3. The molecule has 4 rings (SSSR count). The smallest absolute Gasteiger partial charge is 0.261 e. The number of rotatable bonds is 7. The number of para-hydroxylation sites is 1. The molecular weight excluding hydrogens is 448 g/mol. The van der Waals surface area contributed by atoms with Gasteiger partial charge in [0.2, 0.25) is 0 Å². The van der Waals surface area contributed by atoms with Crippen LogP contribution < -0.4 is 10.1 Å². The van der Waals surface area contributed by atoms with Gasteiger partial charge in [0.15, 0.2) is 0 Å². The zero-order chi connectivity index (χ0) is 23.9. The molecular formula is C27H21ClN4O2. The summed E-state index contributed by atoms with van der Waals surface area (Å²) in [5, 5.41) is 17.3. The fourth-order valence-electron chi connectivity index (χ4n) is 3.35. The van der Waals surface area contributed by atoms with Gasteiger partial charge in [-0.15, -0.1) is 0 Å². The number of carbonyl (C=O) groups is 1. The molecule has 0 saturated carbocycles. The molecule has 168 valence electrons. The minimum atomic E-state index is -0.454. The van der Waals surface area contributed by atoms with Crippen LogP contribution in [-0.2, 0) is 11.4 Å². The van der Waals surface area contributed by atoms with Crippen molar-refractivity contribution in [2.75, 3.05) is 7.05 Å². The highest BCUT2D eigenvalue weighted by atomic mass is 35.5. The van der Waals surface area contributed by atoms with E-state index < -0.39 is 5.91 Å². The van der Waals surface area contributed by atoms with Crippen molar-refractivity contribution in [3.8, 4) is 28.8 Å². The third-order valence-electron chi connectivity index (χ3n) is 5.14. The summed E-state index contributed by atoms with van der Waals surface area (Å²) in [6.45, 7) is 0.354. The van der Waals surface area contributed by atoms with Gasteiger partial charge in [-0.25, -0.2) is 4.68 Å². The zero-order valence-corrected chi connectivity index (χ0v) is 19.2. The lowest BCUT2D eigenvalue weighted by Crippen LogP contribution is -2.19. The predicted octanol–water partition coefficient (Wildman–Crippen LogP) is 5.42. The largest absolute Gasteiger partial charge is 0.489 e. The topological polar surface area (TPSA) is 79.9 Å². The van der Waals surface area contributed by atoms with E-state index in [0.29, 0.717) is 28.6 Å². The lowest BCUT2D eigenvalue weighted by molar-refractivity contribution is -0.116. The van der Waals surface area contributed by atoms with E-state index in [1.165, 1.54) is 7.05 Å². The minimum Gasteiger partial charge on any atom is -0.489 e. The Bertz CT molecular complexity index is 1370. The van der Waals surface area contributed by atoms with Crippen molar-refractivity contribution in [1.29, 1.82) is 5.26 Å². The quantitative estimate of drug-likeness (QED) is 0.290. The highest BCUT2D eigenvalue weighted by Crippen LogP contribution is 2.28. The van der Waals surface area contributed by atoms with Crippen molar-refractivity contribution >= 4 is 23.6 Å². The molecule has 0 aliphatic carbocycles. The van der Waals surface area contributed by atoms with E-state index in [-0.39, 0.29) is 5.57 Å². The molecule has 0 fully saturated rings. The first-order chi connectivity index (χ1) is 16.6. The van der Waals surface area contributed by atoms with Crippen molar-refractivity contribution in [1.82, 2.24) is 15.1 Å². The second-order valence-corrected chi connectivity index (χ2v) is 7.77. The van der Waals surface area contributed by atoms with E-state index in [2.05, 4.69) is 5.32 Å². The Morgan fingerprint density at radius 1 is 1.09 bits per heavy atom. The van der Waals surface area contributed by atoms with Crippen molar-refractivity contribution in [2.45, 2.75) is 6.61 Å². The summed E-state index contributed by atoms with van der Waals surface area (Å²) < 4.78 is 7.60. The molecule has 7 heteroatoms. The van der Waals surface area contributed by atoms with Crippen LogP contribution in [0.5, 0.6) is 5.75 Å². The highest BCUT2D eigenvalue weighted by Gasteiger charge is 2.14. The second kappa shape index (κ2) is 10.5. The van der Waals surface area contributed by atoms with Gasteiger partial charge in [0.25, 0.3) is 5.91 Å². The van der Waals surface area contributed by atoms with Gasteiger partial charge in [0.1, 0.15) is 24.0 Å². The van der Waals surface area contributed by atoms with Gasteiger partial charge < -0.3 is 10.1 Å². The number of nitriles is 1. The summed E-state index contributed by atoms with van der Waals surface area (Å²) in [5.41, 5.74) is 3.87. The van der Waals surface area contributed by atoms with Crippen molar-refractivity contribution in [2.24, 2.45) is 0 Å². The van der Waals surface area contributed by atoms with Crippen molar-refractivity contribution in [3.63, 3.8) is 0 Å². The maximum Gasteiger partial charge on any atom is 0.261 e. The Hall–Kier alpha value is -4.34. The Balaban J connectivity index is 1.66. The number of halogens is 1. The van der Waals surface area contributed by atoms with E-state index >= 15 is 0 Å². The van der Waals surface area contributed by atoms with Crippen LogP contribution in [0.15, 0.2) is 90.6 Å². The first-order valence-corrected chi connectivity index (χ1v) is 10.9. The molecule has 0 aliphatic rings. The van der Waals surface area contributed by atoms with E-state index in [9.17, 15) is 10.1 Å². The van der Waals surface area contributed by atoms with Crippen LogP contribution >= 0.6 is 11.6 Å². The molecule has 1 N–H and O–H groups in total. The second-order valence-electron chi connectivity index (χ2n) is 7.37. The molecule has 6 nitrogen and oxygen atoms in total. The van der Waals surface area contributed by atoms with E-state index in [1.54, 1.807) is 17.0 Å². The SMILES string of the molecule is CNC(=O)C(C#N)=Cc1cn(-c2ccccc2)nc1-c1ccc(OCc2ccccc2Cl)cc1. The monoisotopic (exact) mass is 468 g/mol. The Kier molecular flexibility index (Phi) is 7.07. The normalized spacial score (nSPS) is 11.0. The molecule has 0 bridgehead atoms. The third-order valence-corrected chi connectivity index (χ3v) is 5.50. The number of aromatic nitrogens is 2. The summed E-state index contributed by atoms with van der Waals surface area (Å²) in [6.07, 6.45) is 3.34. The number of hydrogen-bond acceptors (Lipinski definition) is 4. The van der Waals surface area contributed by atoms with Crippen LogP contribution in [0.3, 0.4) is 0 Å². The number of carbonyl (C=O) groups excluding carboxylic acids is 1. The van der Waals surface area contributed by atoms with Crippen LogP contribution in [0.4, 0.5) is 0 Å². The third kappa shape index (κ3) is 5.17. The number of ether oxygens (including phenoxy) is 1. The van der Waals surface area contributed by atoms with Gasteiger partial charge in [-0.3, -0.25) is 4.79 Å². The molecule has 1 heterocycles. The zero-order valence-electron chi connectivity index (χ0n) is 18.4. The van der Waals surface area contributed by atoms with Gasteiger partial charge in [0, 0.05) is 35.0 Å². The van der Waals surface area contributed by atoms with Crippen molar-refractivity contribution < 1.29 is 9.53 Å². The summed E-state index contributed by atoms with van der Waals surface area (Å²) >= 11 is 6.20. The van der Waals surface area contributed by atoms with Crippen LogP contribution in [0.25, 0.3) is 23.0 Å². The number of hydrogen-bond donors (Lipinski definition) is 1. The number of nitrogens with one attached hydrogen (secondary N) is 1. The summed E-state index contributed by atoms with van der Waals surface area (Å²) in [4.78, 5) is 12.1. The molecule has 4 aromatic rings. The average Bonchev–Trinajstić information content (AvgIpc) is 3.31. The predicted molar refractivity (Wildman–Crippen MR) is 132 cm³/mol. The molecule has 3 aromatic carbocycles. The first-order valence-electron chi connectivity index (χ1n) is 10.5. The van der Waals surface area contributed by atoms with Gasteiger partial charge in [0.05, 0.1) is 11.4 Å². The minimum absolute atomic E-state index is 0.00365. The molecule has 0 spiro atoms. The fraction of sp³-hybridized carbons (Fsp3) is 0.0741. The maximum absolute atomic E-state index is 12.1. The highest BCUT2D eigenvalue weighted by molar-refractivity contribution is 6.31. The molecule has 0 saturated heterocycles.